The molecule has 106 valence electrons. The zero-order valence-electron chi connectivity index (χ0n) is 11.3. The molecular formula is C12H16ClN7. The van der Waals surface area contributed by atoms with Gasteiger partial charge in [0, 0.05) is 6.54 Å². The smallest absolute Gasteiger partial charge is 0.258 e. The molecule has 1 N–H and O–H groups in total. The second-order valence-corrected chi connectivity index (χ2v) is 5.78. The molecule has 1 saturated carbocycles. The summed E-state index contributed by atoms with van der Waals surface area (Å²) in [6, 6.07) is 0. The fourth-order valence-electron chi connectivity index (χ4n) is 2.53. The number of rotatable bonds is 4. The topological polar surface area (TPSA) is 81.4 Å². The number of halogens is 1. The Morgan fingerprint density at radius 1 is 1.30 bits per heavy atom. The lowest BCUT2D eigenvalue weighted by Crippen LogP contribution is -2.24. The third-order valence-corrected chi connectivity index (χ3v) is 3.87. The second-order valence-electron chi connectivity index (χ2n) is 5.44. The molecule has 0 spiro atoms. The SMILES string of the molecule is CC1(CNc2nc(Cl)nc(-n3cncn3)n2)CCCC1. The number of nitrogens with one attached hydrogen (secondary N) is 1. The van der Waals surface area contributed by atoms with Crippen molar-refractivity contribution in [1.82, 2.24) is 29.7 Å². The summed E-state index contributed by atoms with van der Waals surface area (Å²) in [7, 11) is 0. The van der Waals surface area contributed by atoms with Crippen molar-refractivity contribution >= 4 is 17.5 Å². The van der Waals surface area contributed by atoms with Crippen LogP contribution in [0.4, 0.5) is 5.95 Å². The van der Waals surface area contributed by atoms with Crippen molar-refractivity contribution in [3.05, 3.63) is 17.9 Å². The van der Waals surface area contributed by atoms with Crippen molar-refractivity contribution in [2.45, 2.75) is 32.6 Å². The van der Waals surface area contributed by atoms with Gasteiger partial charge < -0.3 is 5.32 Å². The molecule has 0 amide bonds. The highest BCUT2D eigenvalue weighted by atomic mass is 35.5. The van der Waals surface area contributed by atoms with Crippen molar-refractivity contribution in [2.24, 2.45) is 5.41 Å². The van der Waals surface area contributed by atoms with Crippen molar-refractivity contribution in [3.63, 3.8) is 0 Å². The van der Waals surface area contributed by atoms with Gasteiger partial charge in [-0.1, -0.05) is 19.8 Å². The quantitative estimate of drug-likeness (QED) is 0.929. The van der Waals surface area contributed by atoms with Crippen LogP contribution in [0, 0.1) is 5.41 Å². The highest BCUT2D eigenvalue weighted by Gasteiger charge is 2.28. The van der Waals surface area contributed by atoms with Gasteiger partial charge in [-0.05, 0) is 29.9 Å². The number of hydrogen-bond donors (Lipinski definition) is 1. The van der Waals surface area contributed by atoms with E-state index >= 15 is 0 Å². The summed E-state index contributed by atoms with van der Waals surface area (Å²) in [6.45, 7) is 3.12. The van der Waals surface area contributed by atoms with Gasteiger partial charge in [0.1, 0.15) is 12.7 Å². The van der Waals surface area contributed by atoms with E-state index in [0.717, 1.165) is 6.54 Å². The van der Waals surface area contributed by atoms with Crippen LogP contribution < -0.4 is 5.32 Å². The minimum Gasteiger partial charge on any atom is -0.353 e. The van der Waals surface area contributed by atoms with E-state index < -0.39 is 0 Å². The van der Waals surface area contributed by atoms with Crippen molar-refractivity contribution in [2.75, 3.05) is 11.9 Å². The molecule has 1 fully saturated rings. The second kappa shape index (κ2) is 5.32. The Kier molecular flexibility index (Phi) is 3.52. The van der Waals surface area contributed by atoms with Crippen LogP contribution in [0.3, 0.4) is 0 Å². The molecule has 7 nitrogen and oxygen atoms in total. The largest absolute Gasteiger partial charge is 0.353 e. The first-order chi connectivity index (χ1) is 9.65. The fraction of sp³-hybridized carbons (Fsp3) is 0.583. The Balaban J connectivity index is 1.76. The molecule has 0 atom stereocenters. The average molecular weight is 294 g/mol. The van der Waals surface area contributed by atoms with Gasteiger partial charge in [0.25, 0.3) is 5.95 Å². The Hall–Kier alpha value is -1.76. The van der Waals surface area contributed by atoms with E-state index in [4.69, 9.17) is 11.6 Å². The lowest BCUT2D eigenvalue weighted by atomic mass is 9.89. The molecule has 0 unspecified atom stereocenters. The van der Waals surface area contributed by atoms with E-state index in [2.05, 4.69) is 37.3 Å². The zero-order chi connectivity index (χ0) is 14.0. The first-order valence-electron chi connectivity index (χ1n) is 6.65. The third-order valence-electron chi connectivity index (χ3n) is 3.70. The van der Waals surface area contributed by atoms with Gasteiger partial charge >= 0.3 is 0 Å². The summed E-state index contributed by atoms with van der Waals surface area (Å²) < 4.78 is 1.45. The van der Waals surface area contributed by atoms with Crippen LogP contribution in [0.25, 0.3) is 5.95 Å². The van der Waals surface area contributed by atoms with Gasteiger partial charge in [-0.2, -0.15) is 24.7 Å². The van der Waals surface area contributed by atoms with Crippen molar-refractivity contribution in [3.8, 4) is 5.95 Å². The maximum Gasteiger partial charge on any atom is 0.258 e. The molecule has 1 aliphatic carbocycles. The van der Waals surface area contributed by atoms with Crippen molar-refractivity contribution in [1.29, 1.82) is 0 Å². The number of nitrogens with zero attached hydrogens (tertiary/aromatic N) is 6. The predicted octanol–water partition coefficient (Wildman–Crippen LogP) is 2.10. The molecule has 0 saturated heterocycles. The molecule has 20 heavy (non-hydrogen) atoms. The van der Waals surface area contributed by atoms with Gasteiger partial charge in [0.2, 0.25) is 11.2 Å². The first-order valence-corrected chi connectivity index (χ1v) is 7.03. The number of aromatic nitrogens is 6. The summed E-state index contributed by atoms with van der Waals surface area (Å²) >= 11 is 5.93. The Morgan fingerprint density at radius 3 is 2.80 bits per heavy atom. The van der Waals surface area contributed by atoms with Crippen LogP contribution >= 0.6 is 11.6 Å². The van der Waals surface area contributed by atoms with E-state index in [1.807, 2.05) is 0 Å². The van der Waals surface area contributed by atoms with Crippen LogP contribution in [0.1, 0.15) is 32.6 Å². The van der Waals surface area contributed by atoms with Gasteiger partial charge in [-0.15, -0.1) is 0 Å². The lowest BCUT2D eigenvalue weighted by Gasteiger charge is -2.23. The standard InChI is InChI=1S/C12H16ClN7/c1-12(4-2-3-5-12)6-15-10-17-9(13)18-11(19-10)20-8-14-7-16-20/h7-8H,2-6H2,1H3,(H,15,17,18,19). The molecule has 3 rings (SSSR count). The van der Waals surface area contributed by atoms with Gasteiger partial charge in [-0.25, -0.2) is 4.98 Å². The maximum absolute atomic E-state index is 5.93. The van der Waals surface area contributed by atoms with E-state index in [1.54, 1.807) is 0 Å². The van der Waals surface area contributed by atoms with Crippen LogP contribution in [-0.4, -0.2) is 36.3 Å². The zero-order valence-corrected chi connectivity index (χ0v) is 12.0. The molecule has 0 bridgehead atoms. The summed E-state index contributed by atoms with van der Waals surface area (Å²) in [5.74, 6) is 0.838. The van der Waals surface area contributed by atoms with Gasteiger partial charge in [-0.3, -0.25) is 0 Å². The molecule has 0 aliphatic heterocycles. The maximum atomic E-state index is 5.93. The summed E-state index contributed by atoms with van der Waals surface area (Å²) in [5, 5.41) is 7.39. The molecule has 0 radical (unpaired) electrons. The van der Waals surface area contributed by atoms with Gasteiger partial charge in [0.15, 0.2) is 0 Å². The number of hydrogen-bond acceptors (Lipinski definition) is 6. The Morgan fingerprint density at radius 2 is 2.10 bits per heavy atom. The van der Waals surface area contributed by atoms with E-state index in [9.17, 15) is 0 Å². The molecule has 2 aromatic heterocycles. The monoisotopic (exact) mass is 293 g/mol. The fourth-order valence-corrected chi connectivity index (χ4v) is 2.69. The van der Waals surface area contributed by atoms with Crippen LogP contribution in [0.15, 0.2) is 12.7 Å². The molecule has 2 heterocycles. The predicted molar refractivity (Wildman–Crippen MR) is 74.8 cm³/mol. The molecule has 8 heteroatoms. The first kappa shape index (κ1) is 13.2. The minimum atomic E-state index is 0.143. The van der Waals surface area contributed by atoms with E-state index in [-0.39, 0.29) is 5.28 Å². The lowest BCUT2D eigenvalue weighted by molar-refractivity contribution is 0.361. The molecule has 2 aromatic rings. The van der Waals surface area contributed by atoms with Crippen LogP contribution in [0.5, 0.6) is 0 Å². The van der Waals surface area contributed by atoms with E-state index in [1.165, 1.54) is 43.0 Å². The molecule has 0 aromatic carbocycles. The number of anilines is 1. The average Bonchev–Trinajstić information content (AvgIpc) is 3.08. The van der Waals surface area contributed by atoms with Crippen molar-refractivity contribution < 1.29 is 0 Å². The Labute approximate surface area is 121 Å². The van der Waals surface area contributed by atoms with Crippen LogP contribution in [-0.2, 0) is 0 Å². The van der Waals surface area contributed by atoms with Crippen LogP contribution in [0.2, 0.25) is 5.28 Å². The van der Waals surface area contributed by atoms with Gasteiger partial charge in [0.05, 0.1) is 0 Å². The minimum absolute atomic E-state index is 0.143. The molecule has 1 aliphatic rings. The summed E-state index contributed by atoms with van der Waals surface area (Å²) in [5.41, 5.74) is 0.312. The normalized spacial score (nSPS) is 17.3. The highest BCUT2D eigenvalue weighted by molar-refractivity contribution is 6.28. The Bertz CT molecular complexity index is 577. The van der Waals surface area contributed by atoms with E-state index in [0.29, 0.717) is 17.3 Å². The summed E-state index contributed by atoms with van der Waals surface area (Å²) in [6.07, 6.45) is 7.99. The summed E-state index contributed by atoms with van der Waals surface area (Å²) in [4.78, 5) is 16.3. The third kappa shape index (κ3) is 2.87. The molecular weight excluding hydrogens is 278 g/mol. The highest BCUT2D eigenvalue weighted by Crippen LogP contribution is 2.37.